The van der Waals surface area contributed by atoms with E-state index in [1.165, 1.54) is 45.3 Å². The summed E-state index contributed by atoms with van der Waals surface area (Å²) in [7, 11) is 0. The van der Waals surface area contributed by atoms with Crippen molar-refractivity contribution in [2.24, 2.45) is 5.41 Å². The summed E-state index contributed by atoms with van der Waals surface area (Å²) in [5.41, 5.74) is 0.740. The minimum absolute atomic E-state index is 0.740. The van der Waals surface area contributed by atoms with E-state index in [1.54, 1.807) is 0 Å². The molecule has 2 rings (SSSR count). The van der Waals surface area contributed by atoms with Crippen LogP contribution in [0.1, 0.15) is 32.6 Å². The Morgan fingerprint density at radius 1 is 1.46 bits per heavy atom. The van der Waals surface area contributed by atoms with E-state index in [-0.39, 0.29) is 0 Å². The highest BCUT2D eigenvalue weighted by Crippen LogP contribution is 2.48. The van der Waals surface area contributed by atoms with Gasteiger partial charge in [0.05, 0.1) is 0 Å². The zero-order valence-corrected chi connectivity index (χ0v) is 9.70. The molecule has 0 aromatic rings. The Bertz CT molecular complexity index is 161. The van der Waals surface area contributed by atoms with Gasteiger partial charge in [-0.15, -0.1) is 0 Å². The SMILES string of the molecule is CCN1CCC2(CCC(SC)C2)C1. The molecular weight excluding hydrogens is 178 g/mol. The van der Waals surface area contributed by atoms with Gasteiger partial charge in [-0.3, -0.25) is 0 Å². The average Bonchev–Trinajstić information content (AvgIpc) is 2.74. The van der Waals surface area contributed by atoms with Crippen molar-refractivity contribution in [1.29, 1.82) is 0 Å². The maximum Gasteiger partial charge on any atom is 0.00502 e. The molecule has 1 aliphatic carbocycles. The molecule has 2 unspecified atom stereocenters. The van der Waals surface area contributed by atoms with E-state index in [4.69, 9.17) is 0 Å². The van der Waals surface area contributed by atoms with Crippen LogP contribution in [0.5, 0.6) is 0 Å². The highest BCUT2D eigenvalue weighted by atomic mass is 32.2. The monoisotopic (exact) mass is 199 g/mol. The summed E-state index contributed by atoms with van der Waals surface area (Å²) in [6.45, 7) is 6.30. The lowest BCUT2D eigenvalue weighted by Crippen LogP contribution is -2.25. The minimum Gasteiger partial charge on any atom is -0.303 e. The first kappa shape index (κ1) is 9.85. The van der Waals surface area contributed by atoms with E-state index < -0.39 is 0 Å². The van der Waals surface area contributed by atoms with E-state index >= 15 is 0 Å². The molecule has 0 radical (unpaired) electrons. The third kappa shape index (κ3) is 1.89. The highest BCUT2D eigenvalue weighted by Gasteiger charge is 2.43. The van der Waals surface area contributed by atoms with Gasteiger partial charge >= 0.3 is 0 Å². The molecule has 2 heteroatoms. The van der Waals surface area contributed by atoms with E-state index in [1.807, 2.05) is 0 Å². The lowest BCUT2D eigenvalue weighted by atomic mass is 9.86. The van der Waals surface area contributed by atoms with Gasteiger partial charge in [0.25, 0.3) is 0 Å². The van der Waals surface area contributed by atoms with Crippen LogP contribution < -0.4 is 0 Å². The van der Waals surface area contributed by atoms with Crippen molar-refractivity contribution in [2.75, 3.05) is 25.9 Å². The first-order valence-corrected chi connectivity index (χ1v) is 6.82. The molecule has 1 spiro atoms. The fourth-order valence-corrected chi connectivity index (χ4v) is 3.90. The quantitative estimate of drug-likeness (QED) is 0.672. The number of thioether (sulfide) groups is 1. The van der Waals surface area contributed by atoms with Crippen LogP contribution >= 0.6 is 11.8 Å². The molecule has 1 saturated carbocycles. The van der Waals surface area contributed by atoms with Crippen molar-refractivity contribution in [1.82, 2.24) is 4.90 Å². The Morgan fingerprint density at radius 2 is 2.31 bits per heavy atom. The van der Waals surface area contributed by atoms with E-state index in [9.17, 15) is 0 Å². The van der Waals surface area contributed by atoms with E-state index in [2.05, 4.69) is 29.8 Å². The number of hydrogen-bond donors (Lipinski definition) is 0. The van der Waals surface area contributed by atoms with Crippen molar-refractivity contribution < 1.29 is 0 Å². The molecule has 0 N–H and O–H groups in total. The second-order valence-corrected chi connectivity index (χ2v) is 5.86. The van der Waals surface area contributed by atoms with Gasteiger partial charge in [-0.1, -0.05) is 6.92 Å². The third-order valence-electron chi connectivity index (χ3n) is 3.96. The molecule has 1 nitrogen and oxygen atoms in total. The second kappa shape index (κ2) is 3.82. The molecule has 0 aromatic heterocycles. The zero-order valence-electron chi connectivity index (χ0n) is 8.88. The first-order valence-electron chi connectivity index (χ1n) is 5.53. The number of rotatable bonds is 2. The normalized spacial score (nSPS) is 40.6. The van der Waals surface area contributed by atoms with E-state index in [0.29, 0.717) is 0 Å². The highest BCUT2D eigenvalue weighted by molar-refractivity contribution is 7.99. The Labute approximate surface area is 86.3 Å². The summed E-state index contributed by atoms with van der Waals surface area (Å²) in [6, 6.07) is 0. The standard InChI is InChI=1S/C11H21NS/c1-3-12-7-6-11(9-12)5-4-10(8-11)13-2/h10H,3-9H2,1-2H3. The lowest BCUT2D eigenvalue weighted by molar-refractivity contribution is 0.270. The molecule has 1 saturated heterocycles. The Morgan fingerprint density at radius 3 is 2.85 bits per heavy atom. The summed E-state index contributed by atoms with van der Waals surface area (Å²) in [5.74, 6) is 0. The van der Waals surface area contributed by atoms with Gasteiger partial charge in [-0.25, -0.2) is 0 Å². The van der Waals surface area contributed by atoms with E-state index in [0.717, 1.165) is 10.7 Å². The van der Waals surface area contributed by atoms with Gasteiger partial charge in [0.1, 0.15) is 0 Å². The van der Waals surface area contributed by atoms with Crippen LogP contribution in [0.15, 0.2) is 0 Å². The number of likely N-dealkylation sites (tertiary alicyclic amines) is 1. The predicted molar refractivity (Wildman–Crippen MR) is 60.3 cm³/mol. The molecule has 13 heavy (non-hydrogen) atoms. The fourth-order valence-electron chi connectivity index (χ4n) is 3.02. The largest absolute Gasteiger partial charge is 0.303 e. The molecule has 0 amide bonds. The maximum absolute atomic E-state index is 2.63. The van der Waals surface area contributed by atoms with Gasteiger partial charge < -0.3 is 4.90 Å². The summed E-state index contributed by atoms with van der Waals surface area (Å²) in [6.07, 6.45) is 8.20. The molecule has 1 heterocycles. The molecule has 2 fully saturated rings. The van der Waals surface area contributed by atoms with Crippen molar-refractivity contribution in [3.63, 3.8) is 0 Å². The van der Waals surface area contributed by atoms with Gasteiger partial charge in [0.2, 0.25) is 0 Å². The smallest absolute Gasteiger partial charge is 0.00502 e. The topological polar surface area (TPSA) is 3.24 Å². The molecule has 0 bridgehead atoms. The maximum atomic E-state index is 2.63. The second-order valence-electron chi connectivity index (χ2n) is 4.72. The first-order chi connectivity index (χ1) is 6.28. The number of hydrogen-bond acceptors (Lipinski definition) is 2. The molecule has 2 atom stereocenters. The van der Waals surface area contributed by atoms with Gasteiger partial charge in [-0.05, 0) is 50.4 Å². The summed E-state index contributed by atoms with van der Waals surface area (Å²) in [4.78, 5) is 2.63. The molecule has 1 aliphatic heterocycles. The lowest BCUT2D eigenvalue weighted by Gasteiger charge is -2.23. The van der Waals surface area contributed by atoms with Crippen molar-refractivity contribution in [2.45, 2.75) is 37.9 Å². The Balaban J connectivity index is 1.93. The van der Waals surface area contributed by atoms with Gasteiger partial charge in [0, 0.05) is 11.8 Å². The van der Waals surface area contributed by atoms with Gasteiger partial charge in [-0.2, -0.15) is 11.8 Å². The van der Waals surface area contributed by atoms with Crippen LogP contribution in [0.2, 0.25) is 0 Å². The molecule has 2 aliphatic rings. The third-order valence-corrected chi connectivity index (χ3v) is 5.02. The van der Waals surface area contributed by atoms with Crippen LogP contribution in [0.4, 0.5) is 0 Å². The molecule has 76 valence electrons. The number of nitrogens with zero attached hydrogens (tertiary/aromatic N) is 1. The minimum atomic E-state index is 0.740. The summed E-state index contributed by atoms with van der Waals surface area (Å²) < 4.78 is 0. The molecule has 0 aromatic carbocycles. The Kier molecular flexibility index (Phi) is 2.89. The average molecular weight is 199 g/mol. The Hall–Kier alpha value is 0.310. The van der Waals surface area contributed by atoms with Crippen LogP contribution in [0.3, 0.4) is 0 Å². The summed E-state index contributed by atoms with van der Waals surface area (Å²) >= 11 is 2.08. The van der Waals surface area contributed by atoms with Crippen LogP contribution in [0.25, 0.3) is 0 Å². The fraction of sp³-hybridized carbons (Fsp3) is 1.00. The van der Waals surface area contributed by atoms with Crippen molar-refractivity contribution in [3.8, 4) is 0 Å². The zero-order chi connectivity index (χ0) is 9.31. The van der Waals surface area contributed by atoms with Crippen molar-refractivity contribution >= 4 is 11.8 Å². The van der Waals surface area contributed by atoms with Gasteiger partial charge in [0.15, 0.2) is 0 Å². The summed E-state index contributed by atoms with van der Waals surface area (Å²) in [5, 5.41) is 0.969. The van der Waals surface area contributed by atoms with Crippen LogP contribution in [-0.2, 0) is 0 Å². The predicted octanol–water partition coefficient (Wildman–Crippen LogP) is 2.61. The van der Waals surface area contributed by atoms with Crippen LogP contribution in [0, 0.1) is 5.41 Å². The van der Waals surface area contributed by atoms with Crippen LogP contribution in [-0.4, -0.2) is 36.0 Å². The van der Waals surface area contributed by atoms with Crippen molar-refractivity contribution in [3.05, 3.63) is 0 Å². The molecular formula is C11H21NS.